The third-order valence-electron chi connectivity index (χ3n) is 5.10. The Hall–Kier alpha value is -2.41. The van der Waals surface area contributed by atoms with Gasteiger partial charge in [0, 0.05) is 39.3 Å². The van der Waals surface area contributed by atoms with Gasteiger partial charge >= 0.3 is 0 Å². The molecule has 1 amide bonds. The fraction of sp³-hybridized carbons (Fsp3) is 0.435. The van der Waals surface area contributed by atoms with Crippen LogP contribution in [0.5, 0.6) is 5.75 Å². The average molecular weight is 398 g/mol. The molecule has 3 rings (SSSR count). The second-order valence-electron chi connectivity index (χ2n) is 7.62. The summed E-state index contributed by atoms with van der Waals surface area (Å²) >= 11 is 0. The molecule has 0 aliphatic carbocycles. The predicted octanol–water partition coefficient (Wildman–Crippen LogP) is 1.67. The summed E-state index contributed by atoms with van der Waals surface area (Å²) in [5, 5.41) is 13.2. The van der Waals surface area contributed by atoms with Gasteiger partial charge in [-0.1, -0.05) is 48.0 Å². The second kappa shape index (κ2) is 11.0. The molecule has 2 aromatic rings. The number of hydrogen-bond donors (Lipinski definition) is 2. The number of amides is 1. The Bertz CT molecular complexity index is 744. The van der Waals surface area contributed by atoms with Crippen molar-refractivity contribution in [3.05, 3.63) is 65.7 Å². The number of benzene rings is 2. The first-order valence-electron chi connectivity index (χ1n) is 10.2. The van der Waals surface area contributed by atoms with Crippen LogP contribution in [0.15, 0.2) is 54.6 Å². The van der Waals surface area contributed by atoms with Gasteiger partial charge in [0.1, 0.15) is 18.5 Å². The van der Waals surface area contributed by atoms with Crippen molar-refractivity contribution in [2.75, 3.05) is 45.9 Å². The fourth-order valence-electron chi connectivity index (χ4n) is 3.36. The number of rotatable bonds is 9. The zero-order valence-corrected chi connectivity index (χ0v) is 17.1. The Kier molecular flexibility index (Phi) is 8.04. The first-order chi connectivity index (χ1) is 14.1. The summed E-state index contributed by atoms with van der Waals surface area (Å²) in [5.74, 6) is 0.823. The Morgan fingerprint density at radius 3 is 2.38 bits per heavy atom. The number of ether oxygens (including phenoxy) is 1. The van der Waals surface area contributed by atoms with Crippen LogP contribution in [-0.2, 0) is 11.3 Å². The third-order valence-corrected chi connectivity index (χ3v) is 5.10. The highest BCUT2D eigenvalue weighted by molar-refractivity contribution is 5.78. The van der Waals surface area contributed by atoms with Crippen LogP contribution in [0.25, 0.3) is 0 Å². The Balaban J connectivity index is 1.30. The summed E-state index contributed by atoms with van der Waals surface area (Å²) in [6.45, 7) is 7.23. The van der Waals surface area contributed by atoms with Crippen molar-refractivity contribution in [3.63, 3.8) is 0 Å². The van der Waals surface area contributed by atoms with Gasteiger partial charge in [0.2, 0.25) is 5.91 Å². The van der Waals surface area contributed by atoms with E-state index in [1.807, 2.05) is 42.5 Å². The van der Waals surface area contributed by atoms with E-state index in [4.69, 9.17) is 4.74 Å². The summed E-state index contributed by atoms with van der Waals surface area (Å²) in [6.07, 6.45) is -0.528. The van der Waals surface area contributed by atoms with Crippen LogP contribution in [-0.4, -0.2) is 72.8 Å². The van der Waals surface area contributed by atoms with Gasteiger partial charge in [0.25, 0.3) is 0 Å². The Labute approximate surface area is 173 Å². The second-order valence-corrected chi connectivity index (χ2v) is 7.62. The quantitative estimate of drug-likeness (QED) is 0.674. The van der Waals surface area contributed by atoms with Crippen molar-refractivity contribution < 1.29 is 14.6 Å². The number of carbonyl (C=O) groups is 1. The largest absolute Gasteiger partial charge is 0.491 e. The zero-order chi connectivity index (χ0) is 20.5. The number of aryl methyl sites for hydroxylation is 1. The van der Waals surface area contributed by atoms with E-state index in [0.717, 1.165) is 37.5 Å². The van der Waals surface area contributed by atoms with Gasteiger partial charge in [0.15, 0.2) is 0 Å². The fourth-order valence-corrected chi connectivity index (χ4v) is 3.36. The molecule has 0 saturated carbocycles. The lowest BCUT2D eigenvalue weighted by atomic mass is 10.1. The van der Waals surface area contributed by atoms with Crippen molar-refractivity contribution in [2.45, 2.75) is 19.6 Å². The smallest absolute Gasteiger partial charge is 0.234 e. The first-order valence-corrected chi connectivity index (χ1v) is 10.2. The molecule has 1 atom stereocenters. The molecule has 0 radical (unpaired) electrons. The number of aliphatic hydroxyl groups excluding tert-OH is 1. The van der Waals surface area contributed by atoms with E-state index < -0.39 is 6.10 Å². The van der Waals surface area contributed by atoms with Gasteiger partial charge in [-0.05, 0) is 24.6 Å². The molecule has 1 unspecified atom stereocenters. The number of para-hydroxylation sites is 1. The van der Waals surface area contributed by atoms with Crippen LogP contribution >= 0.6 is 0 Å². The van der Waals surface area contributed by atoms with Crippen molar-refractivity contribution in [1.82, 2.24) is 15.1 Å². The summed E-state index contributed by atoms with van der Waals surface area (Å²) in [7, 11) is 0. The minimum absolute atomic E-state index is 0.0512. The molecule has 156 valence electrons. The molecule has 1 aliphatic heterocycles. The average Bonchev–Trinajstić information content (AvgIpc) is 2.74. The SMILES string of the molecule is Cc1ccc(CNC(=O)CN2CCN(CC(O)COc3ccccc3)CC2)cc1. The van der Waals surface area contributed by atoms with Crippen molar-refractivity contribution >= 4 is 5.91 Å². The van der Waals surface area contributed by atoms with Gasteiger partial charge < -0.3 is 15.2 Å². The van der Waals surface area contributed by atoms with Crippen molar-refractivity contribution in [1.29, 1.82) is 0 Å². The predicted molar refractivity (Wildman–Crippen MR) is 114 cm³/mol. The zero-order valence-electron chi connectivity index (χ0n) is 17.1. The van der Waals surface area contributed by atoms with Crippen LogP contribution in [0.4, 0.5) is 0 Å². The number of piperazine rings is 1. The van der Waals surface area contributed by atoms with Gasteiger partial charge in [0.05, 0.1) is 6.54 Å². The van der Waals surface area contributed by atoms with Crippen molar-refractivity contribution in [2.24, 2.45) is 0 Å². The van der Waals surface area contributed by atoms with E-state index >= 15 is 0 Å². The Morgan fingerprint density at radius 1 is 1.03 bits per heavy atom. The molecule has 1 saturated heterocycles. The number of carbonyl (C=O) groups excluding carboxylic acids is 1. The van der Waals surface area contributed by atoms with Crippen LogP contribution in [0.3, 0.4) is 0 Å². The maximum Gasteiger partial charge on any atom is 0.234 e. The molecule has 6 heteroatoms. The molecule has 6 nitrogen and oxygen atoms in total. The van der Waals surface area contributed by atoms with Crippen LogP contribution in [0.1, 0.15) is 11.1 Å². The van der Waals surface area contributed by atoms with Crippen LogP contribution in [0.2, 0.25) is 0 Å². The minimum atomic E-state index is -0.528. The van der Waals surface area contributed by atoms with Gasteiger partial charge in [-0.15, -0.1) is 0 Å². The molecular formula is C23H31N3O3. The summed E-state index contributed by atoms with van der Waals surface area (Å²) in [4.78, 5) is 16.6. The van der Waals surface area contributed by atoms with E-state index in [1.54, 1.807) is 0 Å². The van der Waals surface area contributed by atoms with Gasteiger partial charge in [-0.25, -0.2) is 0 Å². The van der Waals surface area contributed by atoms with Crippen molar-refractivity contribution in [3.8, 4) is 5.75 Å². The Morgan fingerprint density at radius 2 is 1.69 bits per heavy atom. The molecule has 0 spiro atoms. The number of nitrogens with zero attached hydrogens (tertiary/aromatic N) is 2. The number of nitrogens with one attached hydrogen (secondary N) is 1. The van der Waals surface area contributed by atoms with Gasteiger partial charge in [-0.2, -0.15) is 0 Å². The number of β-amino-alcohol motifs (C(OH)–C–C–N with tert-alkyl or cyclic N) is 1. The molecular weight excluding hydrogens is 366 g/mol. The number of hydrogen-bond acceptors (Lipinski definition) is 5. The number of aliphatic hydroxyl groups is 1. The molecule has 29 heavy (non-hydrogen) atoms. The highest BCUT2D eigenvalue weighted by Crippen LogP contribution is 2.09. The van der Waals surface area contributed by atoms with E-state index in [-0.39, 0.29) is 12.5 Å². The van der Waals surface area contributed by atoms with Crippen LogP contribution in [0, 0.1) is 6.92 Å². The maximum atomic E-state index is 12.2. The monoisotopic (exact) mass is 397 g/mol. The lowest BCUT2D eigenvalue weighted by Gasteiger charge is -2.35. The molecule has 2 N–H and O–H groups in total. The first kappa shape index (κ1) is 21.3. The molecule has 1 aliphatic rings. The summed E-state index contributed by atoms with van der Waals surface area (Å²) in [5.41, 5.74) is 2.33. The molecule has 0 aromatic heterocycles. The lowest BCUT2D eigenvalue weighted by Crippen LogP contribution is -2.51. The topological polar surface area (TPSA) is 65.0 Å². The molecule has 1 heterocycles. The van der Waals surface area contributed by atoms with Crippen LogP contribution < -0.4 is 10.1 Å². The lowest BCUT2D eigenvalue weighted by molar-refractivity contribution is -0.122. The van der Waals surface area contributed by atoms with E-state index in [9.17, 15) is 9.90 Å². The highest BCUT2D eigenvalue weighted by atomic mass is 16.5. The normalized spacial score (nSPS) is 16.3. The molecule has 1 fully saturated rings. The highest BCUT2D eigenvalue weighted by Gasteiger charge is 2.21. The van der Waals surface area contributed by atoms with E-state index in [2.05, 4.69) is 34.2 Å². The maximum absolute atomic E-state index is 12.2. The molecule has 2 aromatic carbocycles. The third kappa shape index (κ3) is 7.49. The van der Waals surface area contributed by atoms with E-state index in [0.29, 0.717) is 19.6 Å². The molecule has 0 bridgehead atoms. The summed E-state index contributed by atoms with van der Waals surface area (Å²) < 4.78 is 5.61. The summed E-state index contributed by atoms with van der Waals surface area (Å²) in [6, 6.07) is 17.7. The van der Waals surface area contributed by atoms with E-state index in [1.165, 1.54) is 5.56 Å². The van der Waals surface area contributed by atoms with Gasteiger partial charge in [-0.3, -0.25) is 14.6 Å². The minimum Gasteiger partial charge on any atom is -0.491 e. The standard InChI is InChI=1S/C23H31N3O3/c1-19-7-9-20(10-8-19)15-24-23(28)17-26-13-11-25(12-14-26)16-21(27)18-29-22-5-3-2-4-6-22/h2-10,21,27H,11-18H2,1H3,(H,24,28).